The molecule has 3 aliphatic carbocycles. The van der Waals surface area contributed by atoms with Crippen LogP contribution in [0.4, 0.5) is 0 Å². The van der Waals surface area contributed by atoms with Gasteiger partial charge in [0.1, 0.15) is 0 Å². The first kappa shape index (κ1) is 19.5. The SMILES string of the molecule is C[Si](C)(Cl)N=P(C1CCCCC1)(C1CCCCC1)C1CCCCC1. The number of hydrogen-bond acceptors (Lipinski definition) is 1. The Morgan fingerprint density at radius 2 is 0.917 bits per heavy atom. The minimum atomic E-state index is -1.90. The highest BCUT2D eigenvalue weighted by Gasteiger charge is 2.45. The van der Waals surface area contributed by atoms with Crippen LogP contribution in [-0.4, -0.2) is 24.5 Å². The van der Waals surface area contributed by atoms with Crippen LogP contribution >= 0.6 is 18.1 Å². The fourth-order valence-corrected chi connectivity index (χ4v) is 17.8. The van der Waals surface area contributed by atoms with Gasteiger partial charge in [0.05, 0.1) is 0 Å². The van der Waals surface area contributed by atoms with Crippen molar-refractivity contribution < 1.29 is 0 Å². The first-order valence-electron chi connectivity index (χ1n) is 10.8. The highest BCUT2D eigenvalue weighted by Crippen LogP contribution is 2.71. The quantitative estimate of drug-likeness (QED) is 0.262. The molecule has 24 heavy (non-hydrogen) atoms. The summed E-state index contributed by atoms with van der Waals surface area (Å²) in [6.45, 7) is 4.61. The molecule has 0 aromatic carbocycles. The average Bonchev–Trinajstić information content (AvgIpc) is 2.61. The molecule has 1 nitrogen and oxygen atoms in total. The summed E-state index contributed by atoms with van der Waals surface area (Å²) in [4.78, 5) is 0. The standard InChI is InChI=1S/C20H39ClNPSi/c1-24(2,21)22-23(18-12-6-3-7-13-18,19-14-8-4-9-15-19)20-16-10-5-11-17-20/h18-20H,3-17H2,1-2H3. The molecule has 0 aromatic heterocycles. The van der Waals surface area contributed by atoms with Crippen molar-refractivity contribution >= 4 is 25.7 Å². The molecular formula is C20H39ClNPSi. The third-order valence-corrected chi connectivity index (χ3v) is 15.9. The van der Waals surface area contributed by atoms with Gasteiger partial charge in [0.15, 0.2) is 0 Å². The summed E-state index contributed by atoms with van der Waals surface area (Å²) in [5.41, 5.74) is 2.84. The van der Waals surface area contributed by atoms with Gasteiger partial charge in [-0.05, 0) is 75.7 Å². The molecular weight excluding hydrogens is 349 g/mol. The van der Waals surface area contributed by atoms with Crippen molar-refractivity contribution in [2.75, 3.05) is 0 Å². The van der Waals surface area contributed by atoms with Gasteiger partial charge in [-0.1, -0.05) is 57.8 Å². The number of nitrogens with zero attached hydrogens (tertiary/aromatic N) is 1. The molecule has 0 heterocycles. The van der Waals surface area contributed by atoms with E-state index < -0.39 is 14.6 Å². The maximum absolute atomic E-state index is 6.98. The Hall–Kier alpha value is 0.737. The lowest BCUT2D eigenvalue weighted by Gasteiger charge is -2.50. The highest BCUT2D eigenvalue weighted by atomic mass is 35.6. The van der Waals surface area contributed by atoms with Gasteiger partial charge >= 0.3 is 0 Å². The van der Waals surface area contributed by atoms with Gasteiger partial charge in [0.25, 0.3) is 7.55 Å². The van der Waals surface area contributed by atoms with E-state index >= 15 is 0 Å². The van der Waals surface area contributed by atoms with Crippen molar-refractivity contribution in [3.05, 3.63) is 0 Å². The molecule has 0 aromatic rings. The van der Waals surface area contributed by atoms with Crippen molar-refractivity contribution in [1.29, 1.82) is 0 Å². The smallest absolute Gasteiger partial charge is 0.267 e. The Morgan fingerprint density at radius 1 is 0.625 bits per heavy atom. The second-order valence-electron chi connectivity index (χ2n) is 9.18. The van der Waals surface area contributed by atoms with Gasteiger partial charge in [-0.3, -0.25) is 0 Å². The van der Waals surface area contributed by atoms with Crippen molar-refractivity contribution in [3.63, 3.8) is 0 Å². The van der Waals surface area contributed by atoms with Crippen LogP contribution < -0.4 is 0 Å². The molecule has 0 radical (unpaired) electrons. The van der Waals surface area contributed by atoms with Gasteiger partial charge in [0, 0.05) is 0 Å². The summed E-state index contributed by atoms with van der Waals surface area (Å²) in [5.74, 6) is 0. The summed E-state index contributed by atoms with van der Waals surface area (Å²) in [5, 5.41) is 0. The largest absolute Gasteiger partial charge is 0.319 e. The molecule has 3 aliphatic rings. The van der Waals surface area contributed by atoms with Crippen LogP contribution in [0.1, 0.15) is 96.3 Å². The Bertz CT molecular complexity index is 389. The Balaban J connectivity index is 2.04. The maximum atomic E-state index is 6.98. The van der Waals surface area contributed by atoms with Gasteiger partial charge < -0.3 is 4.41 Å². The predicted molar refractivity (Wildman–Crippen MR) is 113 cm³/mol. The van der Waals surface area contributed by atoms with Gasteiger partial charge in [0.2, 0.25) is 0 Å². The monoisotopic (exact) mass is 387 g/mol. The first-order valence-corrected chi connectivity index (χ1v) is 16.7. The Labute approximate surface area is 156 Å². The molecule has 0 bridgehead atoms. The van der Waals surface area contributed by atoms with Crippen LogP contribution in [0.3, 0.4) is 0 Å². The van der Waals surface area contributed by atoms with E-state index in [2.05, 4.69) is 13.1 Å². The Morgan fingerprint density at radius 3 is 1.17 bits per heavy atom. The number of rotatable bonds is 4. The van der Waals surface area contributed by atoms with E-state index in [1.807, 2.05) is 0 Å². The molecule has 0 atom stereocenters. The predicted octanol–water partition coefficient (Wildman–Crippen LogP) is 8.13. The van der Waals surface area contributed by atoms with Crippen molar-refractivity contribution in [3.8, 4) is 0 Å². The van der Waals surface area contributed by atoms with Gasteiger partial charge in [-0.15, -0.1) is 11.1 Å². The zero-order valence-corrected chi connectivity index (χ0v) is 18.8. The van der Waals surface area contributed by atoms with E-state index in [-0.39, 0.29) is 0 Å². The van der Waals surface area contributed by atoms with Gasteiger partial charge in [-0.25, -0.2) is 0 Å². The minimum Gasteiger partial charge on any atom is -0.319 e. The molecule has 0 spiro atoms. The van der Waals surface area contributed by atoms with Crippen LogP contribution in [0.25, 0.3) is 0 Å². The molecule has 0 aliphatic heterocycles. The fourth-order valence-electron chi connectivity index (χ4n) is 6.04. The third kappa shape index (κ3) is 4.52. The topological polar surface area (TPSA) is 12.4 Å². The van der Waals surface area contributed by atoms with Crippen molar-refractivity contribution in [2.45, 2.75) is 126 Å². The maximum Gasteiger partial charge on any atom is 0.267 e. The molecule has 140 valence electrons. The van der Waals surface area contributed by atoms with Crippen LogP contribution in [0.5, 0.6) is 0 Å². The first-order chi connectivity index (χ1) is 11.5. The lowest BCUT2D eigenvalue weighted by Crippen LogP contribution is -2.33. The van der Waals surface area contributed by atoms with E-state index in [0.717, 1.165) is 17.0 Å². The molecule has 0 amide bonds. The van der Waals surface area contributed by atoms with Crippen LogP contribution in [0.2, 0.25) is 13.1 Å². The molecule has 4 heteroatoms. The van der Waals surface area contributed by atoms with E-state index in [0.29, 0.717) is 0 Å². The molecule has 0 N–H and O–H groups in total. The summed E-state index contributed by atoms with van der Waals surface area (Å²) >= 11 is 6.98. The van der Waals surface area contributed by atoms with Crippen LogP contribution in [-0.2, 0) is 0 Å². The summed E-state index contributed by atoms with van der Waals surface area (Å²) < 4.78 is 5.83. The Kier molecular flexibility index (Phi) is 7.00. The normalized spacial score (nSPS) is 26.5. The van der Waals surface area contributed by atoms with Crippen molar-refractivity contribution in [2.24, 2.45) is 4.41 Å². The fraction of sp³-hybridized carbons (Fsp3) is 1.00. The van der Waals surface area contributed by atoms with Crippen LogP contribution in [0, 0.1) is 0 Å². The van der Waals surface area contributed by atoms with Crippen molar-refractivity contribution in [1.82, 2.24) is 0 Å². The average molecular weight is 388 g/mol. The zero-order chi connectivity index (χ0) is 17.0. The summed E-state index contributed by atoms with van der Waals surface area (Å²) in [7, 11) is -3.19. The second kappa shape index (κ2) is 8.62. The second-order valence-corrected chi connectivity index (χ2v) is 19.4. The van der Waals surface area contributed by atoms with E-state index in [4.69, 9.17) is 15.5 Å². The molecule has 0 saturated heterocycles. The van der Waals surface area contributed by atoms with Gasteiger partial charge in [-0.2, -0.15) is 0 Å². The highest BCUT2D eigenvalue weighted by molar-refractivity contribution is 7.70. The lowest BCUT2D eigenvalue weighted by molar-refractivity contribution is 0.455. The van der Waals surface area contributed by atoms with E-state index in [1.165, 1.54) is 96.3 Å². The molecule has 3 rings (SSSR count). The summed E-state index contributed by atoms with van der Waals surface area (Å²) in [6, 6.07) is 0. The number of hydrogen-bond donors (Lipinski definition) is 0. The van der Waals surface area contributed by atoms with E-state index in [1.54, 1.807) is 0 Å². The number of halogens is 1. The zero-order valence-electron chi connectivity index (χ0n) is 16.1. The molecule has 3 fully saturated rings. The third-order valence-electron chi connectivity index (χ3n) is 6.89. The summed E-state index contributed by atoms with van der Waals surface area (Å²) in [6.07, 6.45) is 22.0. The molecule has 3 saturated carbocycles. The van der Waals surface area contributed by atoms with Crippen LogP contribution in [0.15, 0.2) is 4.41 Å². The minimum absolute atomic E-state index is 0.947. The molecule has 0 unspecified atom stereocenters. The van der Waals surface area contributed by atoms with E-state index in [9.17, 15) is 0 Å². The lowest BCUT2D eigenvalue weighted by atomic mass is 9.99.